The van der Waals surface area contributed by atoms with Gasteiger partial charge in [0.15, 0.2) is 29.7 Å². The number of carbonyl (C=O) groups is 2. The van der Waals surface area contributed by atoms with E-state index in [0.717, 1.165) is 4.90 Å². The van der Waals surface area contributed by atoms with Crippen LogP contribution in [-0.4, -0.2) is 80.3 Å². The molecule has 1 aromatic carbocycles. The topological polar surface area (TPSA) is 196 Å². The molecule has 3 aliphatic rings. The molecule has 1 aromatic rings. The molecule has 12 nitrogen and oxygen atoms in total. The van der Waals surface area contributed by atoms with Gasteiger partial charge in [-0.2, -0.15) is 26.3 Å². The summed E-state index contributed by atoms with van der Waals surface area (Å²) in [6, 6.07) is -3.40. The molecule has 1 spiro atoms. The molecule has 3 heterocycles. The van der Waals surface area contributed by atoms with E-state index in [9.17, 15) is 51.3 Å². The van der Waals surface area contributed by atoms with Crippen LogP contribution in [0.5, 0.6) is 0 Å². The minimum atomic E-state index is -5.27. The molecule has 0 radical (unpaired) electrons. The molecular formula is C18H16F6N6O6. The maximum Gasteiger partial charge on any atom is 0.417 e. The molecule has 1 fully saturated rings. The Morgan fingerprint density at radius 3 is 2.31 bits per heavy atom. The molecule has 36 heavy (non-hydrogen) atoms. The van der Waals surface area contributed by atoms with Gasteiger partial charge in [0.05, 0.1) is 23.2 Å². The molecule has 0 aliphatic carbocycles. The summed E-state index contributed by atoms with van der Waals surface area (Å²) in [7, 11) is 0. The largest absolute Gasteiger partial charge is 0.480 e. The zero-order valence-corrected chi connectivity index (χ0v) is 17.5. The van der Waals surface area contributed by atoms with Gasteiger partial charge in [0.1, 0.15) is 6.04 Å². The third kappa shape index (κ3) is 3.55. The summed E-state index contributed by atoms with van der Waals surface area (Å²) < 4.78 is 84.3. The number of guanidine groups is 2. The number of carboxylic acids is 1. The summed E-state index contributed by atoms with van der Waals surface area (Å²) in [5.41, 5.74) is 4.06. The number of carboxylic acid groups (broad SMARTS) is 1. The van der Waals surface area contributed by atoms with Crippen LogP contribution in [0.1, 0.15) is 21.5 Å². The number of halogens is 6. The lowest BCUT2D eigenvalue weighted by molar-refractivity contribution is -0.256. The van der Waals surface area contributed by atoms with Gasteiger partial charge in [-0.05, 0) is 18.2 Å². The highest BCUT2D eigenvalue weighted by molar-refractivity contribution is 5.93. The average Bonchev–Trinajstić information content (AvgIpc) is 3.20. The SMILES string of the molecule is NC1=NC2C(C(=O)O)N=C(N)N3C[C@H](OC(=O)c4cc(C(F)(F)F)ccc4C(F)(F)F)C(O)(O)C23N1. The Morgan fingerprint density at radius 1 is 1.11 bits per heavy atom. The van der Waals surface area contributed by atoms with Gasteiger partial charge in [-0.25, -0.2) is 19.6 Å². The molecule has 4 rings (SSSR count). The van der Waals surface area contributed by atoms with E-state index >= 15 is 0 Å². The molecule has 4 atom stereocenters. The van der Waals surface area contributed by atoms with Crippen LogP contribution in [-0.2, 0) is 21.9 Å². The lowest BCUT2D eigenvalue weighted by Crippen LogP contribution is -2.77. The summed E-state index contributed by atoms with van der Waals surface area (Å²) in [6.45, 7) is -0.785. The minimum absolute atomic E-state index is 0.0341. The highest BCUT2D eigenvalue weighted by Gasteiger charge is 2.75. The quantitative estimate of drug-likeness (QED) is 0.162. The molecule has 0 amide bonds. The summed E-state index contributed by atoms with van der Waals surface area (Å²) in [5.74, 6) is -7.99. The van der Waals surface area contributed by atoms with Crippen molar-refractivity contribution in [2.45, 2.75) is 42.0 Å². The van der Waals surface area contributed by atoms with Gasteiger partial charge >= 0.3 is 24.3 Å². The van der Waals surface area contributed by atoms with E-state index in [4.69, 9.17) is 16.2 Å². The van der Waals surface area contributed by atoms with Gasteiger partial charge in [-0.15, -0.1) is 0 Å². The zero-order valence-electron chi connectivity index (χ0n) is 17.5. The number of aliphatic imine (C=N–C) groups is 2. The Bertz CT molecular complexity index is 1200. The number of aliphatic hydroxyl groups is 2. The Kier molecular flexibility index (Phi) is 5.34. The summed E-state index contributed by atoms with van der Waals surface area (Å²) in [5, 5.41) is 33.8. The fourth-order valence-corrected chi connectivity index (χ4v) is 4.46. The molecule has 1 saturated heterocycles. The van der Waals surface area contributed by atoms with Crippen molar-refractivity contribution in [2.24, 2.45) is 21.5 Å². The van der Waals surface area contributed by atoms with Crippen molar-refractivity contribution in [3.05, 3.63) is 34.9 Å². The number of alkyl halides is 6. The van der Waals surface area contributed by atoms with Crippen molar-refractivity contribution < 1.29 is 56.0 Å². The third-order valence-corrected chi connectivity index (χ3v) is 6.03. The van der Waals surface area contributed by atoms with E-state index in [0.29, 0.717) is 0 Å². The third-order valence-electron chi connectivity index (χ3n) is 6.03. The smallest absolute Gasteiger partial charge is 0.417 e. The maximum absolute atomic E-state index is 13.4. The van der Waals surface area contributed by atoms with Gasteiger partial charge in [0.2, 0.25) is 5.79 Å². The van der Waals surface area contributed by atoms with Crippen molar-refractivity contribution in [3.63, 3.8) is 0 Å². The lowest BCUT2D eigenvalue weighted by atomic mass is 9.85. The second kappa shape index (κ2) is 7.60. The first kappa shape index (κ1) is 25.3. The standard InChI is InChI=1S/C18H16F6N6O6/c19-17(20,21)5-1-2-7(18(22,23)24)6(3-5)12(33)36-8-4-30-14(26)27-9(11(31)32)10-15(30,16(8,34)35)29-13(25)28-10/h1-3,8-10,34-35H,4H2,(H2,26,27)(H,31,32)(H3,25,28,29)/t8-,9?,10?,15?/m0/s1. The number of nitrogens with two attached hydrogens (primary N) is 2. The van der Waals surface area contributed by atoms with Crippen LogP contribution in [0.3, 0.4) is 0 Å². The van der Waals surface area contributed by atoms with Crippen LogP contribution < -0.4 is 16.8 Å². The number of hydrogen-bond acceptors (Lipinski definition) is 11. The van der Waals surface area contributed by atoms with E-state index in [-0.39, 0.29) is 18.2 Å². The fourth-order valence-electron chi connectivity index (χ4n) is 4.46. The van der Waals surface area contributed by atoms with Crippen molar-refractivity contribution >= 4 is 23.9 Å². The van der Waals surface area contributed by atoms with Crippen LogP contribution in [0, 0.1) is 0 Å². The van der Waals surface area contributed by atoms with Crippen LogP contribution >= 0.6 is 0 Å². The predicted molar refractivity (Wildman–Crippen MR) is 104 cm³/mol. The summed E-state index contributed by atoms with van der Waals surface area (Å²) in [4.78, 5) is 32.7. The van der Waals surface area contributed by atoms with Crippen molar-refractivity contribution in [2.75, 3.05) is 6.54 Å². The van der Waals surface area contributed by atoms with E-state index < -0.39 is 89.1 Å². The number of hydrogen-bond donors (Lipinski definition) is 6. The van der Waals surface area contributed by atoms with Crippen LogP contribution in [0.25, 0.3) is 0 Å². The predicted octanol–water partition coefficient (Wildman–Crippen LogP) is -0.990. The maximum atomic E-state index is 13.4. The Labute approximate surface area is 195 Å². The van der Waals surface area contributed by atoms with Gasteiger partial charge in [-0.3, -0.25) is 0 Å². The Morgan fingerprint density at radius 2 is 1.75 bits per heavy atom. The first-order chi connectivity index (χ1) is 16.4. The van der Waals surface area contributed by atoms with Crippen LogP contribution in [0.15, 0.2) is 28.2 Å². The van der Waals surface area contributed by atoms with E-state index in [2.05, 4.69) is 15.3 Å². The Balaban J connectivity index is 1.74. The summed E-state index contributed by atoms with van der Waals surface area (Å²) >= 11 is 0. The molecule has 3 unspecified atom stereocenters. The van der Waals surface area contributed by atoms with Crippen LogP contribution in [0.4, 0.5) is 26.3 Å². The van der Waals surface area contributed by atoms with Gasteiger partial charge < -0.3 is 41.7 Å². The van der Waals surface area contributed by atoms with Crippen LogP contribution in [0.2, 0.25) is 0 Å². The molecule has 18 heteroatoms. The zero-order chi connectivity index (χ0) is 27.0. The number of carbonyl (C=O) groups excluding carboxylic acids is 1. The van der Waals surface area contributed by atoms with Crippen molar-refractivity contribution in [3.8, 4) is 0 Å². The molecule has 8 N–H and O–H groups in total. The normalized spacial score (nSPS) is 29.0. The number of nitrogens with one attached hydrogen (secondary N) is 1. The van der Waals surface area contributed by atoms with E-state index in [1.165, 1.54) is 0 Å². The highest BCUT2D eigenvalue weighted by atomic mass is 19.4. The number of aliphatic carboxylic acids is 1. The lowest BCUT2D eigenvalue weighted by Gasteiger charge is -2.47. The molecule has 196 valence electrons. The number of esters is 1. The molecule has 3 aliphatic heterocycles. The number of rotatable bonds is 3. The highest BCUT2D eigenvalue weighted by Crippen LogP contribution is 2.46. The van der Waals surface area contributed by atoms with E-state index in [1.54, 1.807) is 0 Å². The van der Waals surface area contributed by atoms with Crippen molar-refractivity contribution in [1.82, 2.24) is 10.2 Å². The second-order valence-corrected chi connectivity index (χ2v) is 8.11. The minimum Gasteiger partial charge on any atom is -0.480 e. The average molecular weight is 526 g/mol. The molecular weight excluding hydrogens is 510 g/mol. The molecule has 0 saturated carbocycles. The number of ether oxygens (including phenoxy) is 1. The van der Waals surface area contributed by atoms with Crippen molar-refractivity contribution in [1.29, 1.82) is 0 Å². The first-order valence-electron chi connectivity index (χ1n) is 9.80. The first-order valence-corrected chi connectivity index (χ1v) is 9.80. The fraction of sp³-hybridized carbons (Fsp3) is 0.444. The Hall–Kier alpha value is -3.80. The van der Waals surface area contributed by atoms with Gasteiger partial charge in [0, 0.05) is 0 Å². The van der Waals surface area contributed by atoms with Gasteiger partial charge in [0.25, 0.3) is 0 Å². The molecule has 0 bridgehead atoms. The van der Waals surface area contributed by atoms with E-state index in [1.807, 2.05) is 0 Å². The van der Waals surface area contributed by atoms with Gasteiger partial charge in [-0.1, -0.05) is 0 Å². The monoisotopic (exact) mass is 526 g/mol. The molecule has 0 aromatic heterocycles. The summed E-state index contributed by atoms with van der Waals surface area (Å²) in [6.07, 6.45) is -12.6. The number of benzene rings is 1. The number of nitrogens with zero attached hydrogens (tertiary/aromatic N) is 3. The second-order valence-electron chi connectivity index (χ2n) is 8.11.